The van der Waals surface area contributed by atoms with Crippen LogP contribution in [0.15, 0.2) is 18.2 Å². The minimum atomic E-state index is 0.641. The van der Waals surface area contributed by atoms with Gasteiger partial charge in [-0.25, -0.2) is 0 Å². The van der Waals surface area contributed by atoms with E-state index >= 15 is 0 Å². The molecule has 1 aromatic heterocycles. The van der Waals surface area contributed by atoms with Crippen molar-refractivity contribution in [3.63, 3.8) is 0 Å². The number of rotatable bonds is 11. The molecule has 0 amide bonds. The lowest BCUT2D eigenvalue weighted by molar-refractivity contribution is 0.284. The Morgan fingerprint density at radius 3 is 2.55 bits per heavy atom. The average molecular weight is 398 g/mol. The van der Waals surface area contributed by atoms with Gasteiger partial charge in [-0.2, -0.15) is 5.10 Å². The molecule has 0 atom stereocenters. The summed E-state index contributed by atoms with van der Waals surface area (Å²) in [5, 5.41) is 7.98. The number of aromatic nitrogens is 2. The first-order chi connectivity index (χ1) is 14.3. The van der Waals surface area contributed by atoms with Gasteiger partial charge in [-0.05, 0) is 37.5 Å². The van der Waals surface area contributed by atoms with Crippen molar-refractivity contribution in [2.24, 2.45) is 0 Å². The quantitative estimate of drug-likeness (QED) is 0.479. The molecule has 0 aliphatic carbocycles. The summed E-state index contributed by atoms with van der Waals surface area (Å²) in [6.45, 7) is 5.29. The zero-order valence-corrected chi connectivity index (χ0v) is 18.0. The number of nitrogens with zero attached hydrogens (tertiary/aromatic N) is 2. The molecule has 2 aromatic rings. The first kappa shape index (κ1) is 20.1. The lowest BCUT2D eigenvalue weighted by Crippen LogP contribution is -2.38. The molecule has 0 unspecified atom stereocenters. The third kappa shape index (κ3) is 4.39. The van der Waals surface area contributed by atoms with Crippen LogP contribution in [0.5, 0.6) is 11.5 Å². The number of nitrogens with one attached hydrogen (secondary N) is 1. The molecule has 29 heavy (non-hydrogen) atoms. The van der Waals surface area contributed by atoms with Crippen molar-refractivity contribution in [1.29, 1.82) is 0 Å². The number of piperidine rings is 1. The number of H-pyrrole nitrogens is 1. The number of hydrogen-bond donors (Lipinski definition) is 1. The van der Waals surface area contributed by atoms with E-state index in [0.717, 1.165) is 48.9 Å². The maximum atomic E-state index is 6.03. The molecule has 0 radical (unpaired) electrons. The number of methoxy groups -OCH3 is 1. The predicted octanol–water partition coefficient (Wildman–Crippen LogP) is 5.91. The van der Waals surface area contributed by atoms with Gasteiger partial charge in [-0.15, -0.1) is 0 Å². The van der Waals surface area contributed by atoms with Crippen molar-refractivity contribution in [2.75, 3.05) is 31.7 Å². The lowest BCUT2D eigenvalue weighted by atomic mass is 9.86. The first-order valence-electron chi connectivity index (χ1n) is 11.5. The molecule has 5 rings (SSSR count). The Balaban J connectivity index is 1.37. The van der Waals surface area contributed by atoms with E-state index in [9.17, 15) is 0 Å². The molecule has 3 aliphatic heterocycles. The first-order valence-corrected chi connectivity index (χ1v) is 11.5. The highest BCUT2D eigenvalue weighted by Gasteiger charge is 2.35. The van der Waals surface area contributed by atoms with E-state index in [1.54, 1.807) is 7.11 Å². The number of fused-ring (bicyclic) bond motifs is 2. The van der Waals surface area contributed by atoms with Crippen molar-refractivity contribution in [3.05, 3.63) is 23.9 Å². The van der Waals surface area contributed by atoms with E-state index < -0.39 is 0 Å². The lowest BCUT2D eigenvalue weighted by Gasteiger charge is -2.40. The molecule has 5 heteroatoms. The Morgan fingerprint density at radius 1 is 1.03 bits per heavy atom. The minimum Gasteiger partial charge on any atom is -0.493 e. The van der Waals surface area contributed by atoms with Gasteiger partial charge in [0.2, 0.25) is 0 Å². The normalized spacial score (nSPS) is 15.6. The molecule has 1 saturated heterocycles. The van der Waals surface area contributed by atoms with Crippen LogP contribution >= 0.6 is 0 Å². The average Bonchev–Trinajstić information content (AvgIpc) is 3.24. The molecule has 3 aliphatic rings. The van der Waals surface area contributed by atoms with Crippen LogP contribution in [-0.4, -0.2) is 37.0 Å². The van der Waals surface area contributed by atoms with E-state index in [0.29, 0.717) is 5.92 Å². The van der Waals surface area contributed by atoms with E-state index in [4.69, 9.17) is 9.47 Å². The molecule has 158 valence electrons. The fraction of sp³-hybridized carbons (Fsp3) is 0.625. The van der Waals surface area contributed by atoms with E-state index in [2.05, 4.69) is 34.2 Å². The summed E-state index contributed by atoms with van der Waals surface area (Å²) in [5.41, 5.74) is 4.75. The van der Waals surface area contributed by atoms with Crippen molar-refractivity contribution < 1.29 is 9.47 Å². The Morgan fingerprint density at radius 2 is 1.79 bits per heavy atom. The summed E-state index contributed by atoms with van der Waals surface area (Å²) in [4.78, 5) is 2.48. The standard InChI is InChI=1S/C24H35N3O2/c1-3-4-5-6-7-8-9-16-29-20-11-10-19(17-21(20)28-2)23-24-22(25-26-23)18-12-14-27(24)15-13-18/h10-11,17-18H,3-9,12-16H2,1-2H3,(H,25,26). The Kier molecular flexibility index (Phi) is 6.63. The van der Waals surface area contributed by atoms with Gasteiger partial charge in [-0.1, -0.05) is 45.4 Å². The third-order valence-corrected chi connectivity index (χ3v) is 6.43. The van der Waals surface area contributed by atoms with Gasteiger partial charge in [0.25, 0.3) is 0 Å². The third-order valence-electron chi connectivity index (χ3n) is 6.43. The van der Waals surface area contributed by atoms with E-state index in [1.807, 2.05) is 6.07 Å². The summed E-state index contributed by atoms with van der Waals surface area (Å²) in [7, 11) is 1.71. The van der Waals surface area contributed by atoms with Crippen molar-refractivity contribution in [1.82, 2.24) is 10.2 Å². The van der Waals surface area contributed by atoms with Crippen LogP contribution in [0, 0.1) is 0 Å². The molecule has 1 fully saturated rings. The van der Waals surface area contributed by atoms with Crippen LogP contribution in [0.25, 0.3) is 11.3 Å². The highest BCUT2D eigenvalue weighted by molar-refractivity contribution is 5.80. The zero-order valence-electron chi connectivity index (χ0n) is 18.0. The molecule has 4 heterocycles. The summed E-state index contributed by atoms with van der Waals surface area (Å²) < 4.78 is 11.7. The Hall–Kier alpha value is -2.17. The SMILES string of the molecule is CCCCCCCCCOc1ccc(-c2n[nH]c3c2N2CCC3CC2)cc1OC. The van der Waals surface area contributed by atoms with Crippen LogP contribution in [-0.2, 0) is 0 Å². The van der Waals surface area contributed by atoms with Crippen LogP contribution in [0.1, 0.15) is 76.3 Å². The molecule has 1 N–H and O–H groups in total. The molecular weight excluding hydrogens is 362 g/mol. The van der Waals surface area contributed by atoms with Gasteiger partial charge in [-0.3, -0.25) is 5.10 Å². The van der Waals surface area contributed by atoms with Crippen molar-refractivity contribution >= 4 is 5.69 Å². The molecule has 2 bridgehead atoms. The number of anilines is 1. The number of unbranched alkanes of at least 4 members (excludes halogenated alkanes) is 6. The van der Waals surface area contributed by atoms with Gasteiger partial charge in [0.15, 0.2) is 11.5 Å². The highest BCUT2D eigenvalue weighted by Crippen LogP contribution is 2.46. The Labute approximate surface area is 174 Å². The smallest absolute Gasteiger partial charge is 0.161 e. The second-order valence-corrected chi connectivity index (χ2v) is 8.43. The highest BCUT2D eigenvalue weighted by atomic mass is 16.5. The minimum absolute atomic E-state index is 0.641. The molecule has 5 nitrogen and oxygen atoms in total. The zero-order chi connectivity index (χ0) is 20.1. The van der Waals surface area contributed by atoms with Gasteiger partial charge in [0.05, 0.1) is 25.1 Å². The maximum Gasteiger partial charge on any atom is 0.161 e. The Bertz CT molecular complexity index is 793. The topological polar surface area (TPSA) is 50.4 Å². The number of hydrogen-bond acceptors (Lipinski definition) is 4. The van der Waals surface area contributed by atoms with Gasteiger partial charge in [0.1, 0.15) is 5.69 Å². The van der Waals surface area contributed by atoms with E-state index in [-0.39, 0.29) is 0 Å². The van der Waals surface area contributed by atoms with Gasteiger partial charge >= 0.3 is 0 Å². The van der Waals surface area contributed by atoms with E-state index in [1.165, 1.54) is 62.7 Å². The van der Waals surface area contributed by atoms with Crippen molar-refractivity contribution in [3.8, 4) is 22.8 Å². The molecule has 0 spiro atoms. The largest absolute Gasteiger partial charge is 0.493 e. The number of benzene rings is 1. The van der Waals surface area contributed by atoms with Gasteiger partial charge in [0, 0.05) is 24.6 Å². The summed E-state index contributed by atoms with van der Waals surface area (Å²) >= 11 is 0. The van der Waals surface area contributed by atoms with Crippen LogP contribution in [0.2, 0.25) is 0 Å². The summed E-state index contributed by atoms with van der Waals surface area (Å²) in [5.74, 6) is 2.26. The van der Waals surface area contributed by atoms with Crippen LogP contribution < -0.4 is 14.4 Å². The molecule has 0 saturated carbocycles. The second-order valence-electron chi connectivity index (χ2n) is 8.43. The van der Waals surface area contributed by atoms with Crippen molar-refractivity contribution in [2.45, 2.75) is 70.6 Å². The maximum absolute atomic E-state index is 6.03. The summed E-state index contributed by atoms with van der Waals surface area (Å²) in [6, 6.07) is 6.22. The monoisotopic (exact) mass is 397 g/mol. The van der Waals surface area contributed by atoms with Crippen LogP contribution in [0.4, 0.5) is 5.69 Å². The molecular formula is C24H35N3O2. The number of ether oxygens (including phenoxy) is 2. The van der Waals surface area contributed by atoms with Gasteiger partial charge < -0.3 is 14.4 Å². The predicted molar refractivity (Wildman–Crippen MR) is 118 cm³/mol. The van der Waals surface area contributed by atoms with Crippen LogP contribution in [0.3, 0.4) is 0 Å². The summed E-state index contributed by atoms with van der Waals surface area (Å²) in [6.07, 6.45) is 11.5. The fourth-order valence-electron chi connectivity index (χ4n) is 4.72. The second kappa shape index (κ2) is 9.55. The number of aromatic amines is 1. The molecule has 1 aromatic carbocycles. The fourth-order valence-corrected chi connectivity index (χ4v) is 4.72.